The van der Waals surface area contributed by atoms with Crippen LogP contribution in [0.2, 0.25) is 0 Å². The molecule has 2 nitrogen and oxygen atoms in total. The van der Waals surface area contributed by atoms with E-state index in [2.05, 4.69) is 30.4 Å². The van der Waals surface area contributed by atoms with Crippen molar-refractivity contribution >= 4 is 0 Å². The molecule has 0 aliphatic heterocycles. The predicted octanol–water partition coefficient (Wildman–Crippen LogP) is 2.63. The lowest BCUT2D eigenvalue weighted by atomic mass is 10.0. The molecular weight excluding hydrogens is 186 g/mol. The fourth-order valence-corrected chi connectivity index (χ4v) is 1.72. The summed E-state index contributed by atoms with van der Waals surface area (Å²) in [7, 11) is 3.74. The number of methoxy groups -OCH3 is 1. The number of hydrogen-bond donors (Lipinski definition) is 1. The average molecular weight is 207 g/mol. The Morgan fingerprint density at radius 3 is 2.80 bits per heavy atom. The highest BCUT2D eigenvalue weighted by Gasteiger charge is 2.03. The Morgan fingerprint density at radius 1 is 1.40 bits per heavy atom. The van der Waals surface area contributed by atoms with Crippen molar-refractivity contribution in [1.82, 2.24) is 5.32 Å². The molecule has 0 saturated carbocycles. The molecule has 0 aliphatic carbocycles. The summed E-state index contributed by atoms with van der Waals surface area (Å²) in [6.45, 7) is 2.22. The number of nitrogens with one attached hydrogen (secondary N) is 1. The van der Waals surface area contributed by atoms with Gasteiger partial charge in [-0.25, -0.2) is 0 Å². The molecule has 0 aromatic heterocycles. The van der Waals surface area contributed by atoms with Gasteiger partial charge in [0.25, 0.3) is 0 Å². The summed E-state index contributed by atoms with van der Waals surface area (Å²) in [5, 5.41) is 3.32. The Kier molecular flexibility index (Phi) is 5.19. The molecule has 2 heteroatoms. The fourth-order valence-electron chi connectivity index (χ4n) is 1.72. The highest BCUT2D eigenvalue weighted by Crippen LogP contribution is 2.14. The molecule has 1 atom stereocenters. The van der Waals surface area contributed by atoms with Crippen LogP contribution in [0.5, 0.6) is 5.75 Å². The minimum absolute atomic E-state index is 0.621. The highest BCUT2D eigenvalue weighted by atomic mass is 16.5. The number of benzene rings is 1. The summed E-state index contributed by atoms with van der Waals surface area (Å²) in [4.78, 5) is 0. The highest BCUT2D eigenvalue weighted by molar-refractivity contribution is 5.28. The summed E-state index contributed by atoms with van der Waals surface area (Å²) in [5.41, 5.74) is 1.35. The van der Waals surface area contributed by atoms with E-state index in [0.29, 0.717) is 6.04 Å². The van der Waals surface area contributed by atoms with Crippen molar-refractivity contribution in [3.63, 3.8) is 0 Å². The second kappa shape index (κ2) is 6.46. The first kappa shape index (κ1) is 12.1. The van der Waals surface area contributed by atoms with Gasteiger partial charge in [-0.15, -0.1) is 0 Å². The maximum atomic E-state index is 5.20. The first-order valence-corrected chi connectivity index (χ1v) is 5.60. The molecule has 1 aromatic rings. The van der Waals surface area contributed by atoms with E-state index >= 15 is 0 Å². The maximum Gasteiger partial charge on any atom is 0.119 e. The molecule has 0 spiro atoms. The van der Waals surface area contributed by atoms with Gasteiger partial charge in [0.15, 0.2) is 0 Å². The van der Waals surface area contributed by atoms with E-state index in [1.807, 2.05) is 13.1 Å². The molecule has 1 N–H and O–H groups in total. The number of hydrogen-bond acceptors (Lipinski definition) is 2. The minimum Gasteiger partial charge on any atom is -0.497 e. The van der Waals surface area contributed by atoms with Crippen LogP contribution in [0.1, 0.15) is 25.3 Å². The third-order valence-electron chi connectivity index (χ3n) is 2.82. The van der Waals surface area contributed by atoms with Crippen molar-refractivity contribution in [2.75, 3.05) is 14.2 Å². The molecule has 0 aliphatic rings. The van der Waals surface area contributed by atoms with Crippen molar-refractivity contribution in [1.29, 1.82) is 0 Å². The smallest absolute Gasteiger partial charge is 0.119 e. The van der Waals surface area contributed by atoms with Crippen LogP contribution in [-0.2, 0) is 6.42 Å². The fraction of sp³-hybridized carbons (Fsp3) is 0.538. The summed E-state index contributed by atoms with van der Waals surface area (Å²) in [5.74, 6) is 0.949. The van der Waals surface area contributed by atoms with Gasteiger partial charge in [0.1, 0.15) is 5.75 Å². The van der Waals surface area contributed by atoms with Gasteiger partial charge in [-0.2, -0.15) is 0 Å². The zero-order valence-electron chi connectivity index (χ0n) is 9.92. The first-order valence-electron chi connectivity index (χ1n) is 5.60. The Balaban J connectivity index is 2.49. The van der Waals surface area contributed by atoms with Crippen LogP contribution >= 0.6 is 0 Å². The van der Waals surface area contributed by atoms with Crippen molar-refractivity contribution in [3.8, 4) is 5.75 Å². The molecule has 0 fully saturated rings. The molecule has 0 bridgehead atoms. The van der Waals surface area contributed by atoms with Gasteiger partial charge >= 0.3 is 0 Å². The van der Waals surface area contributed by atoms with Crippen LogP contribution in [0.25, 0.3) is 0 Å². The van der Waals surface area contributed by atoms with Crippen LogP contribution in [0.15, 0.2) is 24.3 Å². The normalized spacial score (nSPS) is 12.5. The Labute approximate surface area is 92.6 Å². The Bertz CT molecular complexity index is 282. The van der Waals surface area contributed by atoms with Gasteiger partial charge in [-0.05, 0) is 44.0 Å². The number of aryl methyl sites for hydroxylation is 1. The Morgan fingerprint density at radius 2 is 2.20 bits per heavy atom. The van der Waals surface area contributed by atoms with E-state index in [9.17, 15) is 0 Å². The topological polar surface area (TPSA) is 21.3 Å². The van der Waals surface area contributed by atoms with E-state index in [1.54, 1.807) is 7.11 Å². The second-order valence-corrected chi connectivity index (χ2v) is 3.78. The molecule has 15 heavy (non-hydrogen) atoms. The quantitative estimate of drug-likeness (QED) is 0.774. The lowest BCUT2D eigenvalue weighted by Crippen LogP contribution is -2.24. The van der Waals surface area contributed by atoms with Crippen LogP contribution in [0.4, 0.5) is 0 Å². The first-order chi connectivity index (χ1) is 7.30. The summed E-state index contributed by atoms with van der Waals surface area (Å²) >= 11 is 0. The van der Waals surface area contributed by atoms with Gasteiger partial charge in [-0.3, -0.25) is 0 Å². The third kappa shape index (κ3) is 3.92. The van der Waals surface area contributed by atoms with Gasteiger partial charge in [-0.1, -0.05) is 19.1 Å². The summed E-state index contributed by atoms with van der Waals surface area (Å²) in [6.07, 6.45) is 3.47. The molecule has 0 unspecified atom stereocenters. The standard InChI is InChI=1S/C13H21NO/c1-4-12(14-2)9-8-11-6-5-7-13(10-11)15-3/h5-7,10,12,14H,4,8-9H2,1-3H3/t12-/m1/s1. The van der Waals surface area contributed by atoms with Crippen molar-refractivity contribution in [2.24, 2.45) is 0 Å². The molecule has 84 valence electrons. The van der Waals surface area contributed by atoms with Gasteiger partial charge in [0.05, 0.1) is 7.11 Å². The van der Waals surface area contributed by atoms with Crippen LogP contribution in [0.3, 0.4) is 0 Å². The van der Waals surface area contributed by atoms with Gasteiger partial charge in [0, 0.05) is 6.04 Å². The number of ether oxygens (including phenoxy) is 1. The molecule has 1 rings (SSSR count). The predicted molar refractivity (Wildman–Crippen MR) is 64.5 cm³/mol. The molecule has 1 aromatic carbocycles. The largest absolute Gasteiger partial charge is 0.497 e. The lowest BCUT2D eigenvalue weighted by molar-refractivity contribution is 0.414. The van der Waals surface area contributed by atoms with E-state index in [-0.39, 0.29) is 0 Å². The van der Waals surface area contributed by atoms with E-state index in [4.69, 9.17) is 4.74 Å². The second-order valence-electron chi connectivity index (χ2n) is 3.78. The van der Waals surface area contributed by atoms with E-state index in [1.165, 1.54) is 18.4 Å². The maximum absolute atomic E-state index is 5.20. The van der Waals surface area contributed by atoms with Crippen LogP contribution in [0, 0.1) is 0 Å². The van der Waals surface area contributed by atoms with Gasteiger partial charge < -0.3 is 10.1 Å². The lowest BCUT2D eigenvalue weighted by Gasteiger charge is -2.13. The number of rotatable bonds is 6. The summed E-state index contributed by atoms with van der Waals surface area (Å²) < 4.78 is 5.20. The molecule has 0 heterocycles. The van der Waals surface area contributed by atoms with E-state index in [0.717, 1.165) is 12.2 Å². The Hall–Kier alpha value is -1.02. The molecular formula is C13H21NO. The van der Waals surface area contributed by atoms with Crippen molar-refractivity contribution in [2.45, 2.75) is 32.2 Å². The third-order valence-corrected chi connectivity index (χ3v) is 2.82. The monoisotopic (exact) mass is 207 g/mol. The van der Waals surface area contributed by atoms with Crippen LogP contribution in [-0.4, -0.2) is 20.2 Å². The zero-order chi connectivity index (χ0) is 11.1. The molecule has 0 radical (unpaired) electrons. The summed E-state index contributed by atoms with van der Waals surface area (Å²) in [6, 6.07) is 8.93. The minimum atomic E-state index is 0.621. The molecule has 0 saturated heterocycles. The van der Waals surface area contributed by atoms with E-state index < -0.39 is 0 Å². The van der Waals surface area contributed by atoms with Gasteiger partial charge in [0.2, 0.25) is 0 Å². The van der Waals surface area contributed by atoms with Crippen LogP contribution < -0.4 is 10.1 Å². The van der Waals surface area contributed by atoms with Crippen molar-refractivity contribution in [3.05, 3.63) is 29.8 Å². The average Bonchev–Trinajstić information content (AvgIpc) is 2.31. The SMILES string of the molecule is CC[C@H](CCc1cccc(OC)c1)NC. The van der Waals surface area contributed by atoms with Crippen molar-refractivity contribution < 1.29 is 4.74 Å². The molecule has 0 amide bonds. The zero-order valence-corrected chi connectivity index (χ0v) is 9.92.